The van der Waals surface area contributed by atoms with Crippen molar-refractivity contribution in [2.24, 2.45) is 0 Å². The zero-order valence-electron chi connectivity index (χ0n) is 11.1. The fraction of sp³-hybridized carbons (Fsp3) is 0.500. The summed E-state index contributed by atoms with van der Waals surface area (Å²) in [7, 11) is 1.50. The lowest BCUT2D eigenvalue weighted by atomic mass is 10.2. The van der Waals surface area contributed by atoms with Crippen molar-refractivity contribution in [3.63, 3.8) is 0 Å². The van der Waals surface area contributed by atoms with E-state index >= 15 is 0 Å². The van der Waals surface area contributed by atoms with Crippen LogP contribution >= 0.6 is 0 Å². The number of aromatic carboxylic acids is 1. The minimum atomic E-state index is -1.03. The summed E-state index contributed by atoms with van der Waals surface area (Å²) < 4.78 is 16.2. The zero-order chi connectivity index (χ0) is 13.8. The normalized spacial score (nSPS) is 22.2. The fourth-order valence-corrected chi connectivity index (χ4v) is 2.12. The van der Waals surface area contributed by atoms with Gasteiger partial charge in [0, 0.05) is 0 Å². The molecule has 0 amide bonds. The van der Waals surface area contributed by atoms with Gasteiger partial charge in [0.05, 0.1) is 19.3 Å². The van der Waals surface area contributed by atoms with Crippen LogP contribution < -0.4 is 9.47 Å². The summed E-state index contributed by atoms with van der Waals surface area (Å²) in [6.45, 7) is 2.40. The monoisotopic (exact) mass is 266 g/mol. The van der Waals surface area contributed by atoms with E-state index in [0.717, 1.165) is 12.8 Å². The molecule has 0 bridgehead atoms. The molecule has 5 nitrogen and oxygen atoms in total. The second-order valence-electron chi connectivity index (χ2n) is 4.62. The molecule has 1 saturated heterocycles. The van der Waals surface area contributed by atoms with Crippen LogP contribution in [0.3, 0.4) is 0 Å². The highest BCUT2D eigenvalue weighted by atomic mass is 16.5. The molecule has 0 saturated carbocycles. The van der Waals surface area contributed by atoms with Crippen molar-refractivity contribution >= 4 is 5.97 Å². The molecule has 0 radical (unpaired) electrons. The Balaban J connectivity index is 2.04. The number of carboxylic acid groups (broad SMARTS) is 1. The van der Waals surface area contributed by atoms with E-state index in [9.17, 15) is 4.79 Å². The van der Waals surface area contributed by atoms with E-state index in [4.69, 9.17) is 19.3 Å². The summed E-state index contributed by atoms with van der Waals surface area (Å²) in [4.78, 5) is 11.2. The minimum Gasteiger partial charge on any atom is -0.497 e. The van der Waals surface area contributed by atoms with Crippen molar-refractivity contribution in [2.75, 3.05) is 13.7 Å². The first-order valence-corrected chi connectivity index (χ1v) is 6.29. The molecule has 5 heteroatoms. The quantitative estimate of drug-likeness (QED) is 0.886. The molecule has 1 N–H and O–H groups in total. The van der Waals surface area contributed by atoms with E-state index in [1.807, 2.05) is 6.92 Å². The van der Waals surface area contributed by atoms with Crippen LogP contribution in [0, 0.1) is 0 Å². The van der Waals surface area contributed by atoms with E-state index < -0.39 is 5.97 Å². The molecule has 1 aliphatic heterocycles. The van der Waals surface area contributed by atoms with E-state index in [0.29, 0.717) is 18.1 Å². The first-order chi connectivity index (χ1) is 9.10. The van der Waals surface area contributed by atoms with Crippen LogP contribution in [0.2, 0.25) is 0 Å². The number of hydrogen-bond donors (Lipinski definition) is 1. The number of carboxylic acids is 1. The number of carbonyl (C=O) groups is 1. The molecule has 2 rings (SSSR count). The molecule has 0 aromatic heterocycles. The van der Waals surface area contributed by atoms with Crippen molar-refractivity contribution in [3.8, 4) is 11.5 Å². The van der Waals surface area contributed by atoms with Gasteiger partial charge in [-0.15, -0.1) is 0 Å². The van der Waals surface area contributed by atoms with E-state index in [2.05, 4.69) is 0 Å². The third-order valence-corrected chi connectivity index (χ3v) is 3.16. The highest BCUT2D eigenvalue weighted by Gasteiger charge is 2.23. The highest BCUT2D eigenvalue weighted by molar-refractivity contribution is 5.91. The summed E-state index contributed by atoms with van der Waals surface area (Å²) in [5.74, 6) is -0.193. The predicted molar refractivity (Wildman–Crippen MR) is 69.0 cm³/mol. The Labute approximate surface area is 112 Å². The van der Waals surface area contributed by atoms with Crippen LogP contribution in [0.25, 0.3) is 0 Å². The van der Waals surface area contributed by atoms with Crippen molar-refractivity contribution in [2.45, 2.75) is 32.0 Å². The minimum absolute atomic E-state index is 0.0405. The van der Waals surface area contributed by atoms with Crippen molar-refractivity contribution < 1.29 is 24.1 Å². The Bertz CT molecular complexity index is 457. The molecule has 19 heavy (non-hydrogen) atoms. The highest BCUT2D eigenvalue weighted by Crippen LogP contribution is 2.26. The van der Waals surface area contributed by atoms with Gasteiger partial charge in [0.25, 0.3) is 0 Å². The number of methoxy groups -OCH3 is 1. The van der Waals surface area contributed by atoms with Gasteiger partial charge < -0.3 is 19.3 Å². The Morgan fingerprint density at radius 2 is 2.26 bits per heavy atom. The van der Waals surface area contributed by atoms with Gasteiger partial charge in [-0.3, -0.25) is 0 Å². The molecule has 1 aromatic carbocycles. The van der Waals surface area contributed by atoms with Crippen molar-refractivity contribution in [3.05, 3.63) is 23.8 Å². The van der Waals surface area contributed by atoms with Gasteiger partial charge in [-0.25, -0.2) is 4.79 Å². The molecule has 1 aromatic rings. The van der Waals surface area contributed by atoms with Gasteiger partial charge in [-0.1, -0.05) is 0 Å². The second kappa shape index (κ2) is 5.93. The number of benzene rings is 1. The number of hydrogen-bond acceptors (Lipinski definition) is 4. The second-order valence-corrected chi connectivity index (χ2v) is 4.62. The molecule has 2 atom stereocenters. The molecule has 104 valence electrons. The molecule has 1 fully saturated rings. The van der Waals surface area contributed by atoms with Gasteiger partial charge in [-0.05, 0) is 38.0 Å². The van der Waals surface area contributed by atoms with E-state index in [1.165, 1.54) is 13.2 Å². The van der Waals surface area contributed by atoms with Gasteiger partial charge in [0.2, 0.25) is 0 Å². The lowest BCUT2D eigenvalue weighted by Gasteiger charge is -2.14. The zero-order valence-corrected chi connectivity index (χ0v) is 11.1. The smallest absolute Gasteiger partial charge is 0.339 e. The van der Waals surface area contributed by atoms with E-state index in [1.54, 1.807) is 12.1 Å². The summed E-state index contributed by atoms with van der Waals surface area (Å²) in [5, 5.41) is 9.15. The summed E-state index contributed by atoms with van der Waals surface area (Å²) >= 11 is 0. The Morgan fingerprint density at radius 3 is 2.84 bits per heavy atom. The van der Waals surface area contributed by atoms with Crippen molar-refractivity contribution in [1.29, 1.82) is 0 Å². The van der Waals surface area contributed by atoms with E-state index in [-0.39, 0.29) is 17.8 Å². The Kier molecular flexibility index (Phi) is 4.27. The first kappa shape index (κ1) is 13.7. The molecule has 0 spiro atoms. The maximum Gasteiger partial charge on any atom is 0.339 e. The maximum absolute atomic E-state index is 11.2. The molecular formula is C14H18O5. The van der Waals surface area contributed by atoms with Crippen LogP contribution in [0.1, 0.15) is 30.1 Å². The van der Waals surface area contributed by atoms with Crippen LogP contribution in [0.15, 0.2) is 18.2 Å². The first-order valence-electron chi connectivity index (χ1n) is 6.29. The van der Waals surface area contributed by atoms with Gasteiger partial charge in [0.15, 0.2) is 0 Å². The van der Waals surface area contributed by atoms with Crippen LogP contribution in [0.5, 0.6) is 11.5 Å². The lowest BCUT2D eigenvalue weighted by Crippen LogP contribution is -2.18. The average Bonchev–Trinajstić information content (AvgIpc) is 2.82. The summed E-state index contributed by atoms with van der Waals surface area (Å²) in [6.07, 6.45) is 2.25. The van der Waals surface area contributed by atoms with Crippen LogP contribution in [0.4, 0.5) is 0 Å². The molecule has 0 aliphatic carbocycles. The SMILES string of the molecule is COc1ccc(OCC2CCC(C)O2)c(C(=O)O)c1. The lowest BCUT2D eigenvalue weighted by molar-refractivity contribution is 0.0259. The van der Waals surface area contributed by atoms with Crippen molar-refractivity contribution in [1.82, 2.24) is 0 Å². The number of ether oxygens (including phenoxy) is 3. The molecule has 2 unspecified atom stereocenters. The topological polar surface area (TPSA) is 65.0 Å². The molecule has 1 heterocycles. The molecule has 1 aliphatic rings. The largest absolute Gasteiger partial charge is 0.497 e. The van der Waals surface area contributed by atoms with Crippen LogP contribution in [-0.4, -0.2) is 37.0 Å². The Hall–Kier alpha value is -1.75. The number of rotatable bonds is 5. The van der Waals surface area contributed by atoms with Gasteiger partial charge >= 0.3 is 5.97 Å². The maximum atomic E-state index is 11.2. The standard InChI is InChI=1S/C14H18O5/c1-9-3-4-11(19-9)8-18-13-6-5-10(17-2)7-12(13)14(15)16/h5-7,9,11H,3-4,8H2,1-2H3,(H,15,16). The average molecular weight is 266 g/mol. The third kappa shape index (κ3) is 3.38. The summed E-state index contributed by atoms with van der Waals surface area (Å²) in [6, 6.07) is 4.75. The molecular weight excluding hydrogens is 248 g/mol. The Morgan fingerprint density at radius 1 is 1.47 bits per heavy atom. The van der Waals surface area contributed by atoms with Gasteiger partial charge in [0.1, 0.15) is 23.7 Å². The predicted octanol–water partition coefficient (Wildman–Crippen LogP) is 2.34. The summed E-state index contributed by atoms with van der Waals surface area (Å²) in [5.41, 5.74) is 0.102. The van der Waals surface area contributed by atoms with Gasteiger partial charge in [-0.2, -0.15) is 0 Å². The fourth-order valence-electron chi connectivity index (χ4n) is 2.12. The van der Waals surface area contributed by atoms with Crippen LogP contribution in [-0.2, 0) is 4.74 Å². The third-order valence-electron chi connectivity index (χ3n) is 3.16.